The molecule has 1 atom stereocenters. The number of ether oxygens (including phenoxy) is 2. The van der Waals surface area contributed by atoms with Crippen LogP contribution >= 0.6 is 0 Å². The second kappa shape index (κ2) is 8.69. The van der Waals surface area contributed by atoms with Crippen molar-refractivity contribution in [1.29, 1.82) is 0 Å². The number of benzene rings is 2. The van der Waals surface area contributed by atoms with Crippen LogP contribution in [-0.4, -0.2) is 31.9 Å². The molecule has 0 saturated heterocycles. The van der Waals surface area contributed by atoms with Crippen molar-refractivity contribution < 1.29 is 19.1 Å². The van der Waals surface area contributed by atoms with E-state index in [1.807, 2.05) is 67.6 Å². The zero-order valence-corrected chi connectivity index (χ0v) is 16.7. The maximum absolute atomic E-state index is 13.0. The molecule has 2 aromatic rings. The fraction of sp³-hybridized carbons (Fsp3) is 0.208. The maximum Gasteiger partial charge on any atom is 0.330 e. The molecule has 5 heteroatoms. The highest BCUT2D eigenvalue weighted by Gasteiger charge is 2.48. The van der Waals surface area contributed by atoms with Crippen molar-refractivity contribution in [3.05, 3.63) is 83.4 Å². The van der Waals surface area contributed by atoms with E-state index in [1.165, 1.54) is 20.3 Å². The van der Waals surface area contributed by atoms with Gasteiger partial charge in [0.2, 0.25) is 0 Å². The van der Waals surface area contributed by atoms with E-state index < -0.39 is 11.4 Å². The number of hydrogen-bond donors (Lipinski definition) is 0. The van der Waals surface area contributed by atoms with E-state index in [0.29, 0.717) is 17.8 Å². The number of esters is 2. The van der Waals surface area contributed by atoms with E-state index in [4.69, 9.17) is 9.73 Å². The Balaban J connectivity index is 2.15. The van der Waals surface area contributed by atoms with Crippen LogP contribution in [0.15, 0.2) is 77.3 Å². The largest absolute Gasteiger partial charge is 0.468 e. The standard InChI is InChI=1S/C24H23NO4/c1-17-15-21(24(16-17,23(27)29-3)19-10-5-4-6-11-19)25-20-12-8-7-9-18(20)13-14-22(26)28-2/h4-15H,16H2,1-3H3/b14-13+,25-21?. The predicted octanol–water partition coefficient (Wildman–Crippen LogP) is 4.41. The van der Waals surface area contributed by atoms with Crippen molar-refractivity contribution in [2.45, 2.75) is 18.8 Å². The molecule has 148 valence electrons. The topological polar surface area (TPSA) is 65.0 Å². The van der Waals surface area contributed by atoms with Crippen molar-refractivity contribution in [2.24, 2.45) is 4.99 Å². The van der Waals surface area contributed by atoms with Gasteiger partial charge in [-0.3, -0.25) is 9.79 Å². The number of methoxy groups -OCH3 is 2. The molecule has 0 amide bonds. The third-order valence-electron chi connectivity index (χ3n) is 4.94. The van der Waals surface area contributed by atoms with E-state index >= 15 is 0 Å². The minimum atomic E-state index is -1.00. The molecule has 1 aliphatic rings. The van der Waals surface area contributed by atoms with Gasteiger partial charge in [0.15, 0.2) is 0 Å². The summed E-state index contributed by atoms with van der Waals surface area (Å²) in [6.07, 6.45) is 5.44. The molecular formula is C24H23NO4. The molecule has 0 fully saturated rings. The van der Waals surface area contributed by atoms with Gasteiger partial charge in [-0.15, -0.1) is 0 Å². The molecule has 0 heterocycles. The molecule has 0 radical (unpaired) electrons. The minimum Gasteiger partial charge on any atom is -0.468 e. The van der Waals surface area contributed by atoms with Gasteiger partial charge in [-0.25, -0.2) is 4.79 Å². The molecule has 3 rings (SSSR count). The summed E-state index contributed by atoms with van der Waals surface area (Å²) in [6, 6.07) is 17.0. The molecule has 0 aliphatic heterocycles. The highest BCUT2D eigenvalue weighted by atomic mass is 16.5. The van der Waals surface area contributed by atoms with Crippen LogP contribution in [0.1, 0.15) is 24.5 Å². The summed E-state index contributed by atoms with van der Waals surface area (Å²) in [7, 11) is 2.72. The number of aliphatic imine (C=N–C) groups is 1. The van der Waals surface area contributed by atoms with Gasteiger partial charge in [0, 0.05) is 11.6 Å². The van der Waals surface area contributed by atoms with Crippen LogP contribution in [0.4, 0.5) is 5.69 Å². The zero-order valence-electron chi connectivity index (χ0n) is 16.7. The molecular weight excluding hydrogens is 366 g/mol. The van der Waals surface area contributed by atoms with Gasteiger partial charge in [0.1, 0.15) is 5.41 Å². The summed E-state index contributed by atoms with van der Waals surface area (Å²) in [4.78, 5) is 29.3. The Morgan fingerprint density at radius 2 is 1.69 bits per heavy atom. The van der Waals surface area contributed by atoms with Crippen LogP contribution in [0.25, 0.3) is 6.08 Å². The van der Waals surface area contributed by atoms with Crippen LogP contribution in [0, 0.1) is 0 Å². The monoisotopic (exact) mass is 389 g/mol. The molecule has 5 nitrogen and oxygen atoms in total. The van der Waals surface area contributed by atoms with E-state index in [1.54, 1.807) is 6.08 Å². The van der Waals surface area contributed by atoms with Crippen LogP contribution in [0.3, 0.4) is 0 Å². The van der Waals surface area contributed by atoms with Gasteiger partial charge in [-0.2, -0.15) is 0 Å². The molecule has 1 aliphatic carbocycles. The lowest BCUT2D eigenvalue weighted by atomic mass is 9.76. The first-order valence-corrected chi connectivity index (χ1v) is 9.26. The van der Waals surface area contributed by atoms with E-state index in [9.17, 15) is 9.59 Å². The van der Waals surface area contributed by atoms with E-state index in [0.717, 1.165) is 16.7 Å². The smallest absolute Gasteiger partial charge is 0.330 e. The Kier molecular flexibility index (Phi) is 6.07. The average Bonchev–Trinajstić information content (AvgIpc) is 3.09. The van der Waals surface area contributed by atoms with Crippen molar-refractivity contribution in [3.8, 4) is 0 Å². The van der Waals surface area contributed by atoms with Gasteiger partial charge >= 0.3 is 11.9 Å². The third kappa shape index (κ3) is 4.04. The fourth-order valence-electron chi connectivity index (χ4n) is 3.57. The van der Waals surface area contributed by atoms with E-state index in [2.05, 4.69) is 4.74 Å². The average molecular weight is 389 g/mol. The predicted molar refractivity (Wildman–Crippen MR) is 113 cm³/mol. The Labute approximate surface area is 170 Å². The van der Waals surface area contributed by atoms with Gasteiger partial charge in [0.25, 0.3) is 0 Å². The van der Waals surface area contributed by atoms with Crippen molar-refractivity contribution in [1.82, 2.24) is 0 Å². The third-order valence-corrected chi connectivity index (χ3v) is 4.94. The summed E-state index contributed by atoms with van der Waals surface area (Å²) in [6.45, 7) is 1.98. The number of allylic oxidation sites excluding steroid dienone is 2. The lowest BCUT2D eigenvalue weighted by Gasteiger charge is -2.28. The summed E-state index contributed by atoms with van der Waals surface area (Å²) in [5.41, 5.74) is 2.89. The zero-order chi connectivity index (χ0) is 20.9. The second-order valence-electron chi connectivity index (χ2n) is 6.84. The fourth-order valence-corrected chi connectivity index (χ4v) is 3.57. The number of rotatable bonds is 5. The molecule has 0 N–H and O–H groups in total. The summed E-state index contributed by atoms with van der Waals surface area (Å²) in [5, 5.41) is 0. The summed E-state index contributed by atoms with van der Waals surface area (Å²) in [5.74, 6) is -0.796. The molecule has 1 unspecified atom stereocenters. The van der Waals surface area contributed by atoms with Gasteiger partial charge in [-0.05, 0) is 37.1 Å². The Morgan fingerprint density at radius 3 is 2.38 bits per heavy atom. The normalized spacial score (nSPS) is 20.0. The van der Waals surface area contributed by atoms with Crippen LogP contribution in [0.5, 0.6) is 0 Å². The van der Waals surface area contributed by atoms with Gasteiger partial charge in [0.05, 0.1) is 25.6 Å². The maximum atomic E-state index is 13.0. The first-order chi connectivity index (χ1) is 14.0. The van der Waals surface area contributed by atoms with Crippen molar-refractivity contribution >= 4 is 29.4 Å². The van der Waals surface area contributed by atoms with E-state index in [-0.39, 0.29) is 5.97 Å². The highest BCUT2D eigenvalue weighted by Crippen LogP contribution is 2.41. The summed E-state index contributed by atoms with van der Waals surface area (Å²) >= 11 is 0. The summed E-state index contributed by atoms with van der Waals surface area (Å²) < 4.78 is 9.87. The molecule has 0 aromatic heterocycles. The number of hydrogen-bond acceptors (Lipinski definition) is 5. The van der Waals surface area contributed by atoms with Crippen molar-refractivity contribution in [3.63, 3.8) is 0 Å². The van der Waals surface area contributed by atoms with Crippen molar-refractivity contribution in [2.75, 3.05) is 14.2 Å². The molecule has 0 saturated carbocycles. The number of nitrogens with zero attached hydrogens (tertiary/aromatic N) is 1. The number of carbonyl (C=O) groups is 2. The Hall–Kier alpha value is -3.47. The molecule has 29 heavy (non-hydrogen) atoms. The van der Waals surface area contributed by atoms with Gasteiger partial charge in [-0.1, -0.05) is 54.1 Å². The lowest BCUT2D eigenvalue weighted by molar-refractivity contribution is -0.144. The van der Waals surface area contributed by atoms with Crippen LogP contribution in [-0.2, 0) is 24.5 Å². The molecule has 2 aromatic carbocycles. The number of para-hydroxylation sites is 1. The van der Waals surface area contributed by atoms with Crippen LogP contribution < -0.4 is 0 Å². The second-order valence-corrected chi connectivity index (χ2v) is 6.84. The van der Waals surface area contributed by atoms with Gasteiger partial charge < -0.3 is 9.47 Å². The first kappa shape index (κ1) is 20.3. The number of carbonyl (C=O) groups excluding carboxylic acids is 2. The quantitative estimate of drug-likeness (QED) is 0.561. The lowest BCUT2D eigenvalue weighted by Crippen LogP contribution is -2.41. The SMILES string of the molecule is COC(=O)/C=C/c1ccccc1N=C1C=C(C)CC1(C(=O)OC)c1ccccc1. The highest BCUT2D eigenvalue weighted by molar-refractivity contribution is 6.20. The Bertz CT molecular complexity index is 1000. The first-order valence-electron chi connectivity index (χ1n) is 9.26. The molecule has 0 bridgehead atoms. The Morgan fingerprint density at radius 1 is 1.00 bits per heavy atom. The van der Waals surface area contributed by atoms with Crippen LogP contribution in [0.2, 0.25) is 0 Å². The minimum absolute atomic E-state index is 0.349. The molecule has 0 spiro atoms.